The van der Waals surface area contributed by atoms with Gasteiger partial charge in [0, 0.05) is 18.2 Å². The van der Waals surface area contributed by atoms with E-state index in [0.29, 0.717) is 10.6 Å². The summed E-state index contributed by atoms with van der Waals surface area (Å²) in [7, 11) is 0. The van der Waals surface area contributed by atoms with Crippen LogP contribution in [0.2, 0.25) is 5.02 Å². The first kappa shape index (κ1) is 14.3. The monoisotopic (exact) mass is 267 g/mol. The summed E-state index contributed by atoms with van der Waals surface area (Å²) in [5.74, 6) is 0. The van der Waals surface area contributed by atoms with Crippen LogP contribution in [0.4, 0.5) is 13.2 Å². The molecule has 0 amide bonds. The third-order valence-electron chi connectivity index (χ3n) is 2.28. The minimum absolute atomic E-state index is 0.0847. The van der Waals surface area contributed by atoms with Crippen molar-refractivity contribution in [3.05, 3.63) is 34.9 Å². The SMILES string of the molecule is OCCC(NCc1ccc(Cl)cc1)C(F)(F)F. The highest BCUT2D eigenvalue weighted by Gasteiger charge is 2.38. The van der Waals surface area contributed by atoms with Crippen molar-refractivity contribution in [2.24, 2.45) is 0 Å². The number of aliphatic hydroxyl groups excluding tert-OH is 1. The van der Waals surface area contributed by atoms with E-state index in [1.165, 1.54) is 0 Å². The van der Waals surface area contributed by atoms with E-state index in [4.69, 9.17) is 16.7 Å². The zero-order valence-electron chi connectivity index (χ0n) is 8.97. The predicted octanol–water partition coefficient (Wildman–Crippen LogP) is 2.74. The molecule has 0 aromatic heterocycles. The molecular weight excluding hydrogens is 255 g/mol. The highest BCUT2D eigenvalue weighted by Crippen LogP contribution is 2.22. The van der Waals surface area contributed by atoms with Crippen molar-refractivity contribution in [1.29, 1.82) is 0 Å². The van der Waals surface area contributed by atoms with E-state index in [2.05, 4.69) is 5.32 Å². The molecule has 1 aromatic carbocycles. The van der Waals surface area contributed by atoms with Crippen molar-refractivity contribution in [2.75, 3.05) is 6.61 Å². The van der Waals surface area contributed by atoms with E-state index in [0.717, 1.165) is 0 Å². The van der Waals surface area contributed by atoms with E-state index < -0.39 is 18.8 Å². The topological polar surface area (TPSA) is 32.3 Å². The second-order valence-corrected chi connectivity index (χ2v) is 4.05. The Morgan fingerprint density at radius 3 is 2.29 bits per heavy atom. The van der Waals surface area contributed by atoms with Crippen LogP contribution >= 0.6 is 11.6 Å². The minimum Gasteiger partial charge on any atom is -0.396 e. The molecule has 1 aromatic rings. The van der Waals surface area contributed by atoms with Crippen molar-refractivity contribution in [3.63, 3.8) is 0 Å². The maximum Gasteiger partial charge on any atom is 0.403 e. The van der Waals surface area contributed by atoms with Gasteiger partial charge in [-0.3, -0.25) is 0 Å². The lowest BCUT2D eigenvalue weighted by Gasteiger charge is -2.20. The molecule has 1 rings (SSSR count). The highest BCUT2D eigenvalue weighted by molar-refractivity contribution is 6.30. The summed E-state index contributed by atoms with van der Waals surface area (Å²) in [5.41, 5.74) is 0.710. The number of nitrogens with one attached hydrogen (secondary N) is 1. The molecule has 1 atom stereocenters. The fraction of sp³-hybridized carbons (Fsp3) is 0.455. The van der Waals surface area contributed by atoms with Gasteiger partial charge in [0.2, 0.25) is 0 Å². The van der Waals surface area contributed by atoms with Crippen LogP contribution in [0.3, 0.4) is 0 Å². The molecule has 0 aliphatic carbocycles. The van der Waals surface area contributed by atoms with Crippen LogP contribution in [0.25, 0.3) is 0 Å². The lowest BCUT2D eigenvalue weighted by atomic mass is 10.1. The van der Waals surface area contributed by atoms with Crippen LogP contribution in [0.15, 0.2) is 24.3 Å². The summed E-state index contributed by atoms with van der Waals surface area (Å²) in [5, 5.41) is 11.5. The first-order valence-electron chi connectivity index (χ1n) is 5.09. The van der Waals surface area contributed by atoms with Gasteiger partial charge in [-0.1, -0.05) is 23.7 Å². The van der Waals surface area contributed by atoms with Gasteiger partial charge in [0.25, 0.3) is 0 Å². The Hall–Kier alpha value is -0.780. The number of benzene rings is 1. The van der Waals surface area contributed by atoms with Crippen LogP contribution in [-0.2, 0) is 6.54 Å². The molecule has 0 radical (unpaired) electrons. The molecule has 0 saturated carbocycles. The fourth-order valence-corrected chi connectivity index (χ4v) is 1.48. The molecule has 0 bridgehead atoms. The second-order valence-electron chi connectivity index (χ2n) is 3.61. The van der Waals surface area contributed by atoms with Crippen LogP contribution < -0.4 is 5.32 Å². The fourth-order valence-electron chi connectivity index (χ4n) is 1.35. The smallest absolute Gasteiger partial charge is 0.396 e. The lowest BCUT2D eigenvalue weighted by Crippen LogP contribution is -2.42. The Bertz CT molecular complexity index is 340. The predicted molar refractivity (Wildman–Crippen MR) is 59.8 cm³/mol. The Kier molecular flexibility index (Phi) is 5.24. The summed E-state index contributed by atoms with van der Waals surface area (Å²) in [6.45, 7) is -0.418. The number of halogens is 4. The third kappa shape index (κ3) is 4.93. The number of alkyl halides is 3. The van der Waals surface area contributed by atoms with Gasteiger partial charge in [-0.25, -0.2) is 0 Å². The number of hydrogen-bond acceptors (Lipinski definition) is 2. The molecule has 1 unspecified atom stereocenters. The maximum absolute atomic E-state index is 12.5. The summed E-state index contributed by atoms with van der Waals surface area (Å²) >= 11 is 5.66. The van der Waals surface area contributed by atoms with Crippen molar-refractivity contribution in [3.8, 4) is 0 Å². The Morgan fingerprint density at radius 2 is 1.82 bits per heavy atom. The quantitative estimate of drug-likeness (QED) is 0.860. The molecule has 0 spiro atoms. The van der Waals surface area contributed by atoms with Gasteiger partial charge in [-0.2, -0.15) is 13.2 Å². The van der Waals surface area contributed by atoms with Crippen molar-refractivity contribution >= 4 is 11.6 Å². The summed E-state index contributed by atoms with van der Waals surface area (Å²) < 4.78 is 37.4. The average Bonchev–Trinajstić information content (AvgIpc) is 2.25. The van der Waals surface area contributed by atoms with E-state index in [9.17, 15) is 13.2 Å². The second kappa shape index (κ2) is 6.23. The highest BCUT2D eigenvalue weighted by atomic mass is 35.5. The zero-order chi connectivity index (χ0) is 12.9. The first-order valence-corrected chi connectivity index (χ1v) is 5.46. The molecule has 0 heterocycles. The Morgan fingerprint density at radius 1 is 1.24 bits per heavy atom. The minimum atomic E-state index is -4.35. The maximum atomic E-state index is 12.5. The first-order chi connectivity index (χ1) is 7.93. The summed E-state index contributed by atoms with van der Waals surface area (Å²) in [6, 6.07) is 4.85. The van der Waals surface area contributed by atoms with Gasteiger partial charge < -0.3 is 10.4 Å². The van der Waals surface area contributed by atoms with E-state index in [1.807, 2.05) is 0 Å². The van der Waals surface area contributed by atoms with Gasteiger partial charge in [-0.05, 0) is 24.1 Å². The molecule has 2 nitrogen and oxygen atoms in total. The summed E-state index contributed by atoms with van der Waals surface area (Å²) in [4.78, 5) is 0. The standard InChI is InChI=1S/C11H13ClF3NO/c12-9-3-1-8(2-4-9)7-16-10(5-6-17)11(13,14)15/h1-4,10,16-17H,5-7H2. The molecule has 96 valence electrons. The van der Waals surface area contributed by atoms with Crippen LogP contribution in [0.5, 0.6) is 0 Å². The molecule has 17 heavy (non-hydrogen) atoms. The molecule has 0 fully saturated rings. The largest absolute Gasteiger partial charge is 0.403 e. The normalized spacial score (nSPS) is 13.7. The van der Waals surface area contributed by atoms with Crippen LogP contribution in [0.1, 0.15) is 12.0 Å². The van der Waals surface area contributed by atoms with Crippen molar-refractivity contribution in [2.45, 2.75) is 25.2 Å². The van der Waals surface area contributed by atoms with Gasteiger partial charge in [0.15, 0.2) is 0 Å². The molecule has 2 N–H and O–H groups in total. The van der Waals surface area contributed by atoms with E-state index >= 15 is 0 Å². The Balaban J connectivity index is 2.54. The molecule has 0 aliphatic heterocycles. The molecule has 0 aliphatic rings. The number of hydrogen-bond donors (Lipinski definition) is 2. The molecule has 0 saturated heterocycles. The number of aliphatic hydroxyl groups is 1. The van der Waals surface area contributed by atoms with Gasteiger partial charge in [0.05, 0.1) is 0 Å². The molecular formula is C11H13ClF3NO. The van der Waals surface area contributed by atoms with E-state index in [-0.39, 0.29) is 13.0 Å². The Labute approximate surface area is 102 Å². The van der Waals surface area contributed by atoms with Crippen molar-refractivity contribution < 1.29 is 18.3 Å². The third-order valence-corrected chi connectivity index (χ3v) is 2.53. The van der Waals surface area contributed by atoms with Crippen LogP contribution in [-0.4, -0.2) is 23.9 Å². The van der Waals surface area contributed by atoms with Gasteiger partial charge in [-0.15, -0.1) is 0 Å². The molecule has 6 heteroatoms. The average molecular weight is 268 g/mol. The van der Waals surface area contributed by atoms with Crippen molar-refractivity contribution in [1.82, 2.24) is 5.32 Å². The number of rotatable bonds is 5. The van der Waals surface area contributed by atoms with Gasteiger partial charge in [0.1, 0.15) is 6.04 Å². The lowest BCUT2D eigenvalue weighted by molar-refractivity contribution is -0.159. The van der Waals surface area contributed by atoms with Gasteiger partial charge >= 0.3 is 6.18 Å². The summed E-state index contributed by atoms with van der Waals surface area (Å²) in [6.07, 6.45) is -4.70. The zero-order valence-corrected chi connectivity index (χ0v) is 9.72. The van der Waals surface area contributed by atoms with E-state index in [1.54, 1.807) is 24.3 Å². The van der Waals surface area contributed by atoms with Crippen LogP contribution in [0, 0.1) is 0 Å².